The Morgan fingerprint density at radius 2 is 1.89 bits per heavy atom. The number of carboxylic acids is 1. The van der Waals surface area contributed by atoms with Crippen LogP contribution in [-0.2, 0) is 9.59 Å². The van der Waals surface area contributed by atoms with Gasteiger partial charge in [-0.3, -0.25) is 9.59 Å². The van der Waals surface area contributed by atoms with Crippen LogP contribution in [-0.4, -0.2) is 35.6 Å². The van der Waals surface area contributed by atoms with Crippen LogP contribution in [0, 0.1) is 5.41 Å². The first-order valence-corrected chi connectivity index (χ1v) is 7.06. The molecule has 1 aliphatic rings. The molecular formula is C14H26N2O3. The van der Waals surface area contributed by atoms with Crippen molar-refractivity contribution in [1.82, 2.24) is 10.6 Å². The van der Waals surface area contributed by atoms with Crippen LogP contribution in [0.2, 0.25) is 0 Å². The number of nitrogens with one attached hydrogen (secondary N) is 2. The molecule has 0 radical (unpaired) electrons. The number of carboxylic acid groups (broad SMARTS) is 1. The fraction of sp³-hybridized carbons (Fsp3) is 0.857. The molecule has 1 amide bonds. The second-order valence-corrected chi connectivity index (χ2v) is 6.12. The first-order chi connectivity index (χ1) is 8.81. The predicted octanol–water partition coefficient (Wildman–Crippen LogP) is 1.53. The van der Waals surface area contributed by atoms with E-state index in [1.165, 1.54) is 0 Å². The Bertz CT molecular complexity index is 334. The van der Waals surface area contributed by atoms with Crippen molar-refractivity contribution in [3.63, 3.8) is 0 Å². The number of carbonyl (C=O) groups is 2. The molecule has 0 saturated carbocycles. The molecule has 1 rings (SSSR count). The third kappa shape index (κ3) is 4.49. The molecule has 1 aliphatic heterocycles. The quantitative estimate of drug-likeness (QED) is 0.684. The van der Waals surface area contributed by atoms with Crippen LogP contribution >= 0.6 is 0 Å². The van der Waals surface area contributed by atoms with Crippen molar-refractivity contribution in [3.8, 4) is 0 Å². The van der Waals surface area contributed by atoms with E-state index in [0.29, 0.717) is 6.42 Å². The summed E-state index contributed by atoms with van der Waals surface area (Å²) in [5, 5.41) is 15.1. The van der Waals surface area contributed by atoms with Gasteiger partial charge >= 0.3 is 5.97 Å². The van der Waals surface area contributed by atoms with Gasteiger partial charge in [0.25, 0.3) is 0 Å². The molecule has 0 atom stereocenters. The molecule has 0 aromatic rings. The fourth-order valence-electron chi connectivity index (χ4n) is 2.57. The van der Waals surface area contributed by atoms with Gasteiger partial charge in [0.05, 0.1) is 5.41 Å². The van der Waals surface area contributed by atoms with Crippen LogP contribution in [0.3, 0.4) is 0 Å². The van der Waals surface area contributed by atoms with Crippen LogP contribution in [0.4, 0.5) is 0 Å². The minimum atomic E-state index is -0.825. The molecule has 5 nitrogen and oxygen atoms in total. The smallest absolute Gasteiger partial charge is 0.303 e. The Morgan fingerprint density at radius 1 is 1.32 bits per heavy atom. The first kappa shape index (κ1) is 16.0. The standard InChI is InChI=1S/C14H26N2O3/c1-4-14(7-9-15-10-8-14)12(19)16-13(2,3)6-5-11(17)18/h15H,4-10H2,1-3H3,(H,16,19)(H,17,18). The molecule has 110 valence electrons. The van der Waals surface area contributed by atoms with Crippen molar-refractivity contribution in [3.05, 3.63) is 0 Å². The molecule has 0 unspecified atom stereocenters. The maximum Gasteiger partial charge on any atom is 0.303 e. The average molecular weight is 270 g/mol. The van der Waals surface area contributed by atoms with Crippen LogP contribution in [0.25, 0.3) is 0 Å². The van der Waals surface area contributed by atoms with E-state index in [9.17, 15) is 9.59 Å². The molecule has 1 fully saturated rings. The molecule has 1 saturated heterocycles. The highest BCUT2D eigenvalue weighted by Crippen LogP contribution is 2.33. The van der Waals surface area contributed by atoms with Crippen molar-refractivity contribution in [2.24, 2.45) is 5.41 Å². The zero-order chi connectivity index (χ0) is 14.5. The van der Waals surface area contributed by atoms with Crippen LogP contribution in [0.1, 0.15) is 52.9 Å². The molecule has 0 aromatic carbocycles. The van der Waals surface area contributed by atoms with E-state index in [4.69, 9.17) is 5.11 Å². The number of piperidine rings is 1. The molecule has 3 N–H and O–H groups in total. The number of amides is 1. The first-order valence-electron chi connectivity index (χ1n) is 7.06. The van der Waals surface area contributed by atoms with Gasteiger partial charge in [-0.25, -0.2) is 0 Å². The van der Waals surface area contributed by atoms with E-state index >= 15 is 0 Å². The van der Waals surface area contributed by atoms with Gasteiger partial charge < -0.3 is 15.7 Å². The lowest BCUT2D eigenvalue weighted by Gasteiger charge is -2.38. The summed E-state index contributed by atoms with van der Waals surface area (Å²) in [7, 11) is 0. The summed E-state index contributed by atoms with van der Waals surface area (Å²) in [6, 6.07) is 0. The van der Waals surface area contributed by atoms with Gasteiger partial charge in [0, 0.05) is 12.0 Å². The zero-order valence-corrected chi connectivity index (χ0v) is 12.2. The second-order valence-electron chi connectivity index (χ2n) is 6.12. The lowest BCUT2D eigenvalue weighted by molar-refractivity contribution is -0.139. The van der Waals surface area contributed by atoms with Crippen LogP contribution in [0.15, 0.2) is 0 Å². The summed E-state index contributed by atoms with van der Waals surface area (Å²) in [5.41, 5.74) is -0.756. The maximum absolute atomic E-state index is 12.5. The van der Waals surface area contributed by atoms with Crippen molar-refractivity contribution in [2.75, 3.05) is 13.1 Å². The predicted molar refractivity (Wildman–Crippen MR) is 73.9 cm³/mol. The Kier molecular flexibility index (Phi) is 5.35. The third-order valence-corrected chi connectivity index (χ3v) is 4.13. The summed E-state index contributed by atoms with van der Waals surface area (Å²) in [6.07, 6.45) is 3.06. The third-order valence-electron chi connectivity index (χ3n) is 4.13. The molecular weight excluding hydrogens is 244 g/mol. The highest BCUT2D eigenvalue weighted by Gasteiger charge is 2.39. The topological polar surface area (TPSA) is 78.4 Å². The highest BCUT2D eigenvalue weighted by atomic mass is 16.4. The minimum absolute atomic E-state index is 0.0758. The summed E-state index contributed by atoms with van der Waals surface area (Å²) in [6.45, 7) is 7.57. The molecule has 19 heavy (non-hydrogen) atoms. The largest absolute Gasteiger partial charge is 0.481 e. The molecule has 0 bridgehead atoms. The highest BCUT2D eigenvalue weighted by molar-refractivity contribution is 5.83. The average Bonchev–Trinajstić information content (AvgIpc) is 2.37. The van der Waals surface area contributed by atoms with Gasteiger partial charge in [0.1, 0.15) is 0 Å². The monoisotopic (exact) mass is 270 g/mol. The van der Waals surface area contributed by atoms with E-state index < -0.39 is 11.5 Å². The van der Waals surface area contributed by atoms with Gasteiger partial charge in [-0.05, 0) is 52.6 Å². The minimum Gasteiger partial charge on any atom is -0.481 e. The molecule has 0 aliphatic carbocycles. The van der Waals surface area contributed by atoms with Gasteiger partial charge in [0.15, 0.2) is 0 Å². The number of hydrogen-bond donors (Lipinski definition) is 3. The van der Waals surface area contributed by atoms with E-state index in [1.54, 1.807) is 0 Å². The summed E-state index contributed by atoms with van der Waals surface area (Å²) in [5.74, 6) is -0.749. The van der Waals surface area contributed by atoms with E-state index in [-0.39, 0.29) is 17.7 Å². The summed E-state index contributed by atoms with van der Waals surface area (Å²) < 4.78 is 0. The van der Waals surface area contributed by atoms with Gasteiger partial charge in [0.2, 0.25) is 5.91 Å². The van der Waals surface area contributed by atoms with Gasteiger partial charge in [-0.2, -0.15) is 0 Å². The Labute approximate surface area is 115 Å². The number of aliphatic carboxylic acids is 1. The zero-order valence-electron chi connectivity index (χ0n) is 12.2. The van der Waals surface area contributed by atoms with E-state index in [2.05, 4.69) is 17.6 Å². The Hall–Kier alpha value is -1.10. The lowest BCUT2D eigenvalue weighted by Crippen LogP contribution is -2.53. The lowest BCUT2D eigenvalue weighted by atomic mass is 9.75. The van der Waals surface area contributed by atoms with Crippen molar-refractivity contribution < 1.29 is 14.7 Å². The Balaban J connectivity index is 2.63. The number of carbonyl (C=O) groups excluding carboxylic acids is 1. The molecule has 5 heteroatoms. The van der Waals surface area contributed by atoms with Crippen LogP contribution < -0.4 is 10.6 Å². The summed E-state index contributed by atoms with van der Waals surface area (Å²) in [4.78, 5) is 23.2. The Morgan fingerprint density at radius 3 is 2.37 bits per heavy atom. The number of rotatable bonds is 6. The SMILES string of the molecule is CCC1(C(=O)NC(C)(C)CCC(=O)O)CCNCC1. The van der Waals surface area contributed by atoms with Crippen LogP contribution in [0.5, 0.6) is 0 Å². The molecule has 1 heterocycles. The van der Waals surface area contributed by atoms with Crippen molar-refractivity contribution >= 4 is 11.9 Å². The van der Waals surface area contributed by atoms with E-state index in [0.717, 1.165) is 32.4 Å². The molecule has 0 aromatic heterocycles. The maximum atomic E-state index is 12.5. The summed E-state index contributed by atoms with van der Waals surface area (Å²) >= 11 is 0. The fourth-order valence-corrected chi connectivity index (χ4v) is 2.57. The van der Waals surface area contributed by atoms with Gasteiger partial charge in [-0.1, -0.05) is 6.92 Å². The molecule has 0 spiro atoms. The number of hydrogen-bond acceptors (Lipinski definition) is 3. The van der Waals surface area contributed by atoms with Crippen molar-refractivity contribution in [2.45, 2.75) is 58.4 Å². The second kappa shape index (κ2) is 6.37. The van der Waals surface area contributed by atoms with Crippen molar-refractivity contribution in [1.29, 1.82) is 0 Å². The van der Waals surface area contributed by atoms with Gasteiger partial charge in [-0.15, -0.1) is 0 Å². The van der Waals surface area contributed by atoms with E-state index in [1.807, 2.05) is 13.8 Å². The normalized spacial score (nSPS) is 18.9.